The maximum Gasteiger partial charge on any atom is 0.133 e. The molecule has 0 fully saturated rings. The van der Waals surface area contributed by atoms with Crippen molar-refractivity contribution in [3.8, 4) is 5.75 Å². The van der Waals surface area contributed by atoms with Crippen LogP contribution in [-0.4, -0.2) is 11.7 Å². The van der Waals surface area contributed by atoms with Crippen LogP contribution in [0.4, 0.5) is 0 Å². The predicted octanol–water partition coefficient (Wildman–Crippen LogP) is 4.82. The summed E-state index contributed by atoms with van der Waals surface area (Å²) in [5.41, 5.74) is 3.25. The van der Waals surface area contributed by atoms with Gasteiger partial charge in [-0.1, -0.05) is 42.8 Å². The topological polar surface area (TPSA) is 29.5 Å². The number of aliphatic hydroxyl groups is 1. The summed E-state index contributed by atoms with van der Waals surface area (Å²) in [6.07, 6.45) is 1.08. The van der Waals surface area contributed by atoms with Crippen molar-refractivity contribution in [3.63, 3.8) is 0 Å². The fraction of sp³-hybridized carbons (Fsp3) is 0.333. The Kier molecular flexibility index (Phi) is 5.83. The van der Waals surface area contributed by atoms with Crippen molar-refractivity contribution in [2.75, 3.05) is 6.61 Å². The van der Waals surface area contributed by atoms with Gasteiger partial charge in [-0.2, -0.15) is 0 Å². The normalized spacial score (nSPS) is 12.2. The Labute approximate surface area is 134 Å². The molecule has 21 heavy (non-hydrogen) atoms. The minimum atomic E-state index is -0.511. The van der Waals surface area contributed by atoms with Gasteiger partial charge in [0.1, 0.15) is 5.75 Å². The summed E-state index contributed by atoms with van der Waals surface area (Å²) in [6, 6.07) is 14.0. The molecule has 2 nitrogen and oxygen atoms in total. The van der Waals surface area contributed by atoms with Crippen LogP contribution in [0.3, 0.4) is 0 Å². The molecule has 1 N–H and O–H groups in total. The maximum absolute atomic E-state index is 10.4. The minimum Gasteiger partial charge on any atom is -0.492 e. The number of hydrogen-bond acceptors (Lipinski definition) is 2. The predicted molar refractivity (Wildman–Crippen MR) is 89.8 cm³/mol. The molecule has 2 aromatic carbocycles. The molecule has 0 aliphatic rings. The van der Waals surface area contributed by atoms with Gasteiger partial charge in [-0.05, 0) is 52.5 Å². The van der Waals surface area contributed by atoms with Crippen molar-refractivity contribution in [1.29, 1.82) is 0 Å². The number of halogens is 1. The van der Waals surface area contributed by atoms with E-state index in [4.69, 9.17) is 4.74 Å². The monoisotopic (exact) mass is 348 g/mol. The summed E-state index contributed by atoms with van der Waals surface area (Å²) in [4.78, 5) is 0. The van der Waals surface area contributed by atoms with Gasteiger partial charge in [0, 0.05) is 6.42 Å². The van der Waals surface area contributed by atoms with Gasteiger partial charge in [-0.15, -0.1) is 0 Å². The Balaban J connectivity index is 2.08. The van der Waals surface area contributed by atoms with E-state index in [1.165, 1.54) is 5.56 Å². The Bertz CT molecular complexity index is 596. The first-order chi connectivity index (χ1) is 10.1. The molecule has 112 valence electrons. The lowest BCUT2D eigenvalue weighted by Crippen LogP contribution is -2.03. The van der Waals surface area contributed by atoms with Gasteiger partial charge in [-0.3, -0.25) is 0 Å². The highest BCUT2D eigenvalue weighted by Crippen LogP contribution is 2.29. The number of rotatable bonds is 6. The first-order valence-corrected chi connectivity index (χ1v) is 8.05. The summed E-state index contributed by atoms with van der Waals surface area (Å²) in [5, 5.41) is 10.4. The van der Waals surface area contributed by atoms with Gasteiger partial charge in [0.25, 0.3) is 0 Å². The molecule has 2 aromatic rings. The zero-order chi connectivity index (χ0) is 15.2. The molecule has 1 unspecified atom stereocenters. The third-order valence-corrected chi connectivity index (χ3v) is 3.93. The van der Waals surface area contributed by atoms with Crippen LogP contribution in [0, 0.1) is 6.92 Å². The zero-order valence-corrected chi connectivity index (χ0v) is 14.1. The lowest BCUT2D eigenvalue weighted by molar-refractivity contribution is 0.178. The molecule has 0 radical (unpaired) electrons. The summed E-state index contributed by atoms with van der Waals surface area (Å²) < 4.78 is 6.51. The Hall–Kier alpha value is -1.32. The molecular formula is C18H21BrO2. The Morgan fingerprint density at radius 3 is 2.67 bits per heavy atom. The van der Waals surface area contributed by atoms with Crippen LogP contribution < -0.4 is 4.74 Å². The molecule has 0 aliphatic carbocycles. The van der Waals surface area contributed by atoms with Crippen LogP contribution in [0.5, 0.6) is 5.75 Å². The first-order valence-electron chi connectivity index (χ1n) is 7.26. The van der Waals surface area contributed by atoms with Crippen molar-refractivity contribution < 1.29 is 9.84 Å². The van der Waals surface area contributed by atoms with Crippen molar-refractivity contribution in [3.05, 3.63) is 63.6 Å². The molecule has 0 heterocycles. The molecule has 0 amide bonds. The molecule has 0 saturated carbocycles. The molecule has 0 aliphatic heterocycles. The van der Waals surface area contributed by atoms with E-state index in [0.717, 1.165) is 27.8 Å². The van der Waals surface area contributed by atoms with Crippen molar-refractivity contribution in [2.24, 2.45) is 0 Å². The summed E-state index contributed by atoms with van der Waals surface area (Å²) in [5.74, 6) is 0.823. The van der Waals surface area contributed by atoms with E-state index in [1.54, 1.807) is 0 Å². The van der Waals surface area contributed by atoms with Crippen LogP contribution in [0.2, 0.25) is 0 Å². The average molecular weight is 349 g/mol. The molecule has 2 rings (SSSR count). The second kappa shape index (κ2) is 7.62. The molecule has 0 spiro atoms. The quantitative estimate of drug-likeness (QED) is 0.810. The molecular weight excluding hydrogens is 328 g/mol. The maximum atomic E-state index is 10.4. The number of aliphatic hydroxyl groups excluding tert-OH is 1. The number of benzene rings is 2. The van der Waals surface area contributed by atoms with Crippen LogP contribution in [0.25, 0.3) is 0 Å². The summed E-state index contributed by atoms with van der Waals surface area (Å²) in [7, 11) is 0. The van der Waals surface area contributed by atoms with E-state index >= 15 is 0 Å². The standard InChI is InChI=1S/C18H21BrO2/c1-3-9-21-18-8-7-15(12-16(18)19)17(20)11-14-6-4-5-13(2)10-14/h4-8,10,12,17,20H,3,9,11H2,1-2H3. The molecule has 0 bridgehead atoms. The highest BCUT2D eigenvalue weighted by molar-refractivity contribution is 9.10. The lowest BCUT2D eigenvalue weighted by Gasteiger charge is -2.14. The average Bonchev–Trinajstić information content (AvgIpc) is 2.46. The summed E-state index contributed by atoms with van der Waals surface area (Å²) in [6.45, 7) is 4.84. The summed E-state index contributed by atoms with van der Waals surface area (Å²) >= 11 is 3.51. The van der Waals surface area contributed by atoms with E-state index in [9.17, 15) is 5.11 Å². The van der Waals surface area contributed by atoms with E-state index in [0.29, 0.717) is 13.0 Å². The van der Waals surface area contributed by atoms with Crippen molar-refractivity contribution in [1.82, 2.24) is 0 Å². The molecule has 3 heteroatoms. The van der Waals surface area contributed by atoms with Gasteiger partial charge >= 0.3 is 0 Å². The van der Waals surface area contributed by atoms with Crippen molar-refractivity contribution >= 4 is 15.9 Å². The number of ether oxygens (including phenoxy) is 1. The van der Waals surface area contributed by atoms with Gasteiger partial charge in [0.2, 0.25) is 0 Å². The number of aryl methyl sites for hydroxylation is 1. The second-order valence-corrected chi connectivity index (χ2v) is 6.10. The third kappa shape index (κ3) is 4.58. The first kappa shape index (κ1) is 16.1. The minimum absolute atomic E-state index is 0.511. The fourth-order valence-electron chi connectivity index (χ4n) is 2.23. The van der Waals surface area contributed by atoms with Crippen LogP contribution in [-0.2, 0) is 6.42 Å². The van der Waals surface area contributed by atoms with Crippen LogP contribution in [0.1, 0.15) is 36.1 Å². The van der Waals surface area contributed by atoms with Gasteiger partial charge < -0.3 is 9.84 Å². The Morgan fingerprint density at radius 1 is 1.19 bits per heavy atom. The van der Waals surface area contributed by atoms with E-state index < -0.39 is 6.10 Å². The Morgan fingerprint density at radius 2 is 2.00 bits per heavy atom. The van der Waals surface area contributed by atoms with Crippen molar-refractivity contribution in [2.45, 2.75) is 32.8 Å². The second-order valence-electron chi connectivity index (χ2n) is 5.25. The smallest absolute Gasteiger partial charge is 0.133 e. The fourth-order valence-corrected chi connectivity index (χ4v) is 2.74. The number of hydrogen-bond donors (Lipinski definition) is 1. The lowest BCUT2D eigenvalue weighted by atomic mass is 10.0. The van der Waals surface area contributed by atoms with Crippen LogP contribution in [0.15, 0.2) is 46.9 Å². The molecule has 0 aromatic heterocycles. The third-order valence-electron chi connectivity index (χ3n) is 3.31. The van der Waals surface area contributed by atoms with E-state index in [1.807, 2.05) is 30.3 Å². The highest BCUT2D eigenvalue weighted by atomic mass is 79.9. The van der Waals surface area contributed by atoms with E-state index in [-0.39, 0.29) is 0 Å². The van der Waals surface area contributed by atoms with Gasteiger partial charge in [0.15, 0.2) is 0 Å². The molecule has 0 saturated heterocycles. The largest absolute Gasteiger partial charge is 0.492 e. The van der Waals surface area contributed by atoms with Gasteiger partial charge in [-0.25, -0.2) is 0 Å². The zero-order valence-electron chi connectivity index (χ0n) is 12.5. The highest BCUT2D eigenvalue weighted by Gasteiger charge is 2.11. The van der Waals surface area contributed by atoms with E-state index in [2.05, 4.69) is 41.9 Å². The van der Waals surface area contributed by atoms with Gasteiger partial charge in [0.05, 0.1) is 17.2 Å². The SMILES string of the molecule is CCCOc1ccc(C(O)Cc2cccc(C)c2)cc1Br. The van der Waals surface area contributed by atoms with Crippen LogP contribution >= 0.6 is 15.9 Å². The molecule has 1 atom stereocenters.